The fourth-order valence-electron chi connectivity index (χ4n) is 3.27. The standard InChI is InChI=1S/C17H14N2O3/c1-22-14-9-7-10-6-8-13(15(10)18-14)19-16(20)11-4-2-3-5-12(11)17(19)21/h2-5,7,9,13H,6,8H2,1H3. The molecule has 0 bridgehead atoms. The van der Waals surface area contributed by atoms with Crippen molar-refractivity contribution in [3.63, 3.8) is 0 Å². The molecule has 2 amide bonds. The molecule has 5 heteroatoms. The summed E-state index contributed by atoms with van der Waals surface area (Å²) in [7, 11) is 1.56. The van der Waals surface area contributed by atoms with Crippen molar-refractivity contribution in [3.05, 3.63) is 58.8 Å². The van der Waals surface area contributed by atoms with E-state index >= 15 is 0 Å². The van der Waals surface area contributed by atoms with Crippen molar-refractivity contribution in [2.75, 3.05) is 7.11 Å². The number of methoxy groups -OCH3 is 1. The maximum absolute atomic E-state index is 12.6. The molecule has 0 radical (unpaired) electrons. The van der Waals surface area contributed by atoms with Gasteiger partial charge in [-0.1, -0.05) is 18.2 Å². The summed E-state index contributed by atoms with van der Waals surface area (Å²) in [6.07, 6.45) is 1.52. The monoisotopic (exact) mass is 294 g/mol. The van der Waals surface area contributed by atoms with Crippen molar-refractivity contribution in [1.82, 2.24) is 9.88 Å². The predicted molar refractivity (Wildman–Crippen MR) is 78.8 cm³/mol. The minimum atomic E-state index is -0.308. The van der Waals surface area contributed by atoms with Crippen molar-refractivity contribution in [2.45, 2.75) is 18.9 Å². The number of benzene rings is 1. The molecule has 0 saturated heterocycles. The number of hydrogen-bond acceptors (Lipinski definition) is 4. The van der Waals surface area contributed by atoms with Crippen LogP contribution in [0.3, 0.4) is 0 Å². The normalized spacial score (nSPS) is 19.3. The summed E-state index contributed by atoms with van der Waals surface area (Å²) < 4.78 is 5.17. The van der Waals surface area contributed by atoms with Crippen molar-refractivity contribution >= 4 is 11.8 Å². The molecule has 0 spiro atoms. The molecular formula is C17H14N2O3. The predicted octanol–water partition coefficient (Wildman–Crippen LogP) is 2.37. The Kier molecular flexibility index (Phi) is 2.76. The number of aryl methyl sites for hydroxylation is 1. The number of aromatic nitrogens is 1. The van der Waals surface area contributed by atoms with Gasteiger partial charge in [0.15, 0.2) is 0 Å². The van der Waals surface area contributed by atoms with Crippen LogP contribution in [-0.4, -0.2) is 28.8 Å². The minimum absolute atomic E-state index is 0.233. The third kappa shape index (κ3) is 1.68. The van der Waals surface area contributed by atoms with Crippen molar-refractivity contribution in [3.8, 4) is 5.88 Å². The van der Waals surface area contributed by atoms with E-state index in [1.165, 1.54) is 4.90 Å². The first-order valence-electron chi connectivity index (χ1n) is 7.21. The topological polar surface area (TPSA) is 59.5 Å². The number of amides is 2. The zero-order chi connectivity index (χ0) is 15.3. The molecule has 1 aromatic carbocycles. The molecule has 2 heterocycles. The Hall–Kier alpha value is -2.69. The molecule has 110 valence electrons. The molecule has 1 aliphatic carbocycles. The van der Waals surface area contributed by atoms with E-state index in [1.54, 1.807) is 31.4 Å². The third-order valence-electron chi connectivity index (χ3n) is 4.34. The van der Waals surface area contributed by atoms with Gasteiger partial charge in [-0.25, -0.2) is 4.98 Å². The number of rotatable bonds is 2. The third-order valence-corrected chi connectivity index (χ3v) is 4.34. The van der Waals surface area contributed by atoms with Crippen LogP contribution in [0.15, 0.2) is 36.4 Å². The SMILES string of the molecule is COc1ccc2c(n1)C(N1C(=O)c3ccccc3C1=O)CC2. The van der Waals surface area contributed by atoms with Gasteiger partial charge in [0.25, 0.3) is 11.8 Å². The summed E-state index contributed by atoms with van der Waals surface area (Å²) >= 11 is 0. The molecule has 5 nitrogen and oxygen atoms in total. The zero-order valence-electron chi connectivity index (χ0n) is 12.1. The fourth-order valence-corrected chi connectivity index (χ4v) is 3.27. The van der Waals surface area contributed by atoms with Gasteiger partial charge in [-0.2, -0.15) is 0 Å². The molecule has 0 N–H and O–H groups in total. The van der Waals surface area contributed by atoms with Gasteiger partial charge in [0.2, 0.25) is 5.88 Å². The summed E-state index contributed by atoms with van der Waals surface area (Å²) in [5.41, 5.74) is 2.80. The second kappa shape index (κ2) is 4.66. The van der Waals surface area contributed by atoms with Gasteiger partial charge in [0, 0.05) is 6.07 Å². The van der Waals surface area contributed by atoms with Crippen molar-refractivity contribution in [1.29, 1.82) is 0 Å². The average molecular weight is 294 g/mol. The summed E-state index contributed by atoms with van der Waals surface area (Å²) in [5, 5.41) is 0. The van der Waals surface area contributed by atoms with Crippen LogP contribution in [0.5, 0.6) is 5.88 Å². The molecule has 1 unspecified atom stereocenters. The van der Waals surface area contributed by atoms with E-state index in [0.717, 1.165) is 17.7 Å². The summed E-state index contributed by atoms with van der Waals surface area (Å²) in [6, 6.07) is 10.4. The van der Waals surface area contributed by atoms with E-state index < -0.39 is 0 Å². The lowest BCUT2D eigenvalue weighted by atomic mass is 10.1. The van der Waals surface area contributed by atoms with Gasteiger partial charge < -0.3 is 4.74 Å². The molecular weight excluding hydrogens is 280 g/mol. The Labute approximate surface area is 127 Å². The highest BCUT2D eigenvalue weighted by atomic mass is 16.5. The summed E-state index contributed by atoms with van der Waals surface area (Å²) in [6.45, 7) is 0. The fraction of sp³-hybridized carbons (Fsp3) is 0.235. The van der Waals surface area contributed by atoms with E-state index in [0.29, 0.717) is 23.4 Å². The number of ether oxygens (including phenoxy) is 1. The average Bonchev–Trinajstić information content (AvgIpc) is 3.07. The van der Waals surface area contributed by atoms with Crippen LogP contribution in [0.1, 0.15) is 44.4 Å². The molecule has 2 aliphatic rings. The van der Waals surface area contributed by atoms with E-state index in [4.69, 9.17) is 4.74 Å². The van der Waals surface area contributed by atoms with Crippen LogP contribution in [0.25, 0.3) is 0 Å². The van der Waals surface area contributed by atoms with Crippen LogP contribution in [0.4, 0.5) is 0 Å². The number of carbonyl (C=O) groups is 2. The van der Waals surface area contributed by atoms with Gasteiger partial charge in [-0.05, 0) is 30.5 Å². The largest absolute Gasteiger partial charge is 0.481 e. The summed E-state index contributed by atoms with van der Waals surface area (Å²) in [5.74, 6) is 0.0356. The highest BCUT2D eigenvalue weighted by Crippen LogP contribution is 2.39. The van der Waals surface area contributed by atoms with E-state index in [9.17, 15) is 9.59 Å². The number of pyridine rings is 1. The first-order valence-corrected chi connectivity index (χ1v) is 7.21. The Morgan fingerprint density at radius 3 is 2.41 bits per heavy atom. The minimum Gasteiger partial charge on any atom is -0.481 e. The quantitative estimate of drug-likeness (QED) is 0.798. The van der Waals surface area contributed by atoms with Crippen LogP contribution < -0.4 is 4.74 Å². The highest BCUT2D eigenvalue weighted by Gasteiger charge is 2.43. The lowest BCUT2D eigenvalue weighted by Crippen LogP contribution is -2.33. The smallest absolute Gasteiger partial charge is 0.262 e. The van der Waals surface area contributed by atoms with Gasteiger partial charge in [-0.15, -0.1) is 0 Å². The molecule has 2 aromatic rings. The first-order chi connectivity index (χ1) is 10.7. The Morgan fingerprint density at radius 2 is 1.77 bits per heavy atom. The summed E-state index contributed by atoms with van der Waals surface area (Å²) in [4.78, 5) is 31.0. The molecule has 1 aromatic heterocycles. The second-order valence-electron chi connectivity index (χ2n) is 5.48. The lowest BCUT2D eigenvalue weighted by molar-refractivity contribution is 0.0579. The number of fused-ring (bicyclic) bond motifs is 2. The van der Waals surface area contributed by atoms with E-state index in [2.05, 4.69) is 4.98 Å². The molecule has 22 heavy (non-hydrogen) atoms. The van der Waals surface area contributed by atoms with Crippen LogP contribution >= 0.6 is 0 Å². The lowest BCUT2D eigenvalue weighted by Gasteiger charge is -2.22. The Morgan fingerprint density at radius 1 is 1.09 bits per heavy atom. The molecule has 1 atom stereocenters. The van der Waals surface area contributed by atoms with Crippen LogP contribution in [0.2, 0.25) is 0 Å². The maximum atomic E-state index is 12.6. The van der Waals surface area contributed by atoms with E-state index in [1.807, 2.05) is 12.1 Å². The van der Waals surface area contributed by atoms with Gasteiger partial charge in [0.05, 0.1) is 30.0 Å². The highest BCUT2D eigenvalue weighted by molar-refractivity contribution is 6.21. The van der Waals surface area contributed by atoms with Gasteiger partial charge >= 0.3 is 0 Å². The van der Waals surface area contributed by atoms with Crippen LogP contribution in [0, 0.1) is 0 Å². The molecule has 1 aliphatic heterocycles. The van der Waals surface area contributed by atoms with Crippen LogP contribution in [-0.2, 0) is 6.42 Å². The number of hydrogen-bond donors (Lipinski definition) is 0. The van der Waals surface area contributed by atoms with Gasteiger partial charge in [-0.3, -0.25) is 14.5 Å². The van der Waals surface area contributed by atoms with Crippen molar-refractivity contribution < 1.29 is 14.3 Å². The number of carbonyl (C=O) groups excluding carboxylic acids is 2. The maximum Gasteiger partial charge on any atom is 0.262 e. The molecule has 4 rings (SSSR count). The Bertz CT molecular complexity index is 765. The molecule has 0 fully saturated rings. The van der Waals surface area contributed by atoms with E-state index in [-0.39, 0.29) is 17.9 Å². The number of imide groups is 1. The molecule has 0 saturated carbocycles. The number of nitrogens with zero attached hydrogens (tertiary/aromatic N) is 2. The van der Waals surface area contributed by atoms with Gasteiger partial charge in [0.1, 0.15) is 0 Å². The second-order valence-corrected chi connectivity index (χ2v) is 5.48. The first kappa shape index (κ1) is 13.0. The van der Waals surface area contributed by atoms with Crippen molar-refractivity contribution in [2.24, 2.45) is 0 Å². The zero-order valence-corrected chi connectivity index (χ0v) is 12.1. The Balaban J connectivity index is 1.77.